The van der Waals surface area contributed by atoms with Gasteiger partial charge in [-0.1, -0.05) is 12.1 Å². The van der Waals surface area contributed by atoms with Crippen LogP contribution in [0.1, 0.15) is 27.7 Å². The van der Waals surface area contributed by atoms with Gasteiger partial charge in [0.25, 0.3) is 0 Å². The number of aryl methyl sites for hydroxylation is 1. The van der Waals surface area contributed by atoms with E-state index >= 15 is 0 Å². The Bertz CT molecular complexity index is 745. The quantitative estimate of drug-likeness (QED) is 0.795. The SMILES string of the molecule is CC(=O)c1ccc(S(=O)(=O)N(C)Cc2sccc2C)cc1. The highest BCUT2D eigenvalue weighted by atomic mass is 32.2. The summed E-state index contributed by atoms with van der Waals surface area (Å²) >= 11 is 1.54. The Balaban J connectivity index is 2.24. The first-order chi connectivity index (χ1) is 9.82. The molecule has 0 bridgehead atoms. The number of sulfonamides is 1. The minimum Gasteiger partial charge on any atom is -0.295 e. The highest BCUT2D eigenvalue weighted by Crippen LogP contribution is 2.22. The normalized spacial score (nSPS) is 11.8. The van der Waals surface area contributed by atoms with Crippen molar-refractivity contribution in [2.24, 2.45) is 0 Å². The number of hydrogen-bond acceptors (Lipinski definition) is 4. The fraction of sp³-hybridized carbons (Fsp3) is 0.267. The second kappa shape index (κ2) is 6.09. The van der Waals surface area contributed by atoms with Crippen LogP contribution in [-0.4, -0.2) is 25.6 Å². The highest BCUT2D eigenvalue weighted by molar-refractivity contribution is 7.89. The topological polar surface area (TPSA) is 54.5 Å². The van der Waals surface area contributed by atoms with Gasteiger partial charge in [0, 0.05) is 24.0 Å². The number of thiophene rings is 1. The van der Waals surface area contributed by atoms with Crippen molar-refractivity contribution in [1.29, 1.82) is 0 Å². The molecule has 1 aromatic heterocycles. The number of rotatable bonds is 5. The van der Waals surface area contributed by atoms with Gasteiger partial charge in [0.05, 0.1) is 4.90 Å². The van der Waals surface area contributed by atoms with Crippen molar-refractivity contribution >= 4 is 27.1 Å². The van der Waals surface area contributed by atoms with Crippen molar-refractivity contribution in [3.63, 3.8) is 0 Å². The summed E-state index contributed by atoms with van der Waals surface area (Å²) in [6.45, 7) is 3.77. The Hall–Kier alpha value is -1.50. The number of benzene rings is 1. The third-order valence-corrected chi connectivity index (χ3v) is 6.13. The predicted octanol–water partition coefficient (Wildman–Crippen LogP) is 3.08. The molecule has 0 saturated heterocycles. The lowest BCUT2D eigenvalue weighted by molar-refractivity contribution is 0.101. The molecule has 0 fully saturated rings. The molecule has 0 spiro atoms. The summed E-state index contributed by atoms with van der Waals surface area (Å²) in [5, 5.41) is 1.95. The zero-order chi connectivity index (χ0) is 15.6. The standard InChI is InChI=1S/C15H17NO3S2/c1-11-8-9-20-15(11)10-16(3)21(18,19)14-6-4-13(5-7-14)12(2)17/h4-9H,10H2,1-3H3. The van der Waals surface area contributed by atoms with Gasteiger partial charge in [0.15, 0.2) is 5.78 Å². The maximum atomic E-state index is 12.5. The van der Waals surface area contributed by atoms with Gasteiger partial charge >= 0.3 is 0 Å². The van der Waals surface area contributed by atoms with Crippen molar-refractivity contribution in [1.82, 2.24) is 4.31 Å². The van der Waals surface area contributed by atoms with E-state index in [2.05, 4.69) is 0 Å². The zero-order valence-corrected chi connectivity index (χ0v) is 13.8. The fourth-order valence-electron chi connectivity index (χ4n) is 1.89. The van der Waals surface area contributed by atoms with Crippen LogP contribution in [0.15, 0.2) is 40.6 Å². The first kappa shape index (κ1) is 15.9. The number of Topliss-reactive ketones (excluding diaryl/α,β-unsaturated/α-hetero) is 1. The smallest absolute Gasteiger partial charge is 0.243 e. The molecule has 2 rings (SSSR count). The summed E-state index contributed by atoms with van der Waals surface area (Å²) in [6, 6.07) is 8.01. The minimum atomic E-state index is -3.55. The first-order valence-corrected chi connectivity index (χ1v) is 8.74. The molecule has 1 heterocycles. The maximum absolute atomic E-state index is 12.5. The van der Waals surface area contributed by atoms with Crippen LogP contribution >= 0.6 is 11.3 Å². The lowest BCUT2D eigenvalue weighted by atomic mass is 10.2. The van der Waals surface area contributed by atoms with Gasteiger partial charge in [-0.3, -0.25) is 4.79 Å². The lowest BCUT2D eigenvalue weighted by Crippen LogP contribution is -2.26. The summed E-state index contributed by atoms with van der Waals surface area (Å²) in [5.74, 6) is -0.0819. The first-order valence-electron chi connectivity index (χ1n) is 6.42. The van der Waals surface area contributed by atoms with Crippen molar-refractivity contribution in [2.45, 2.75) is 25.3 Å². The van der Waals surface area contributed by atoms with E-state index in [1.54, 1.807) is 30.5 Å². The minimum absolute atomic E-state index is 0.0819. The highest BCUT2D eigenvalue weighted by Gasteiger charge is 2.21. The summed E-state index contributed by atoms with van der Waals surface area (Å²) in [7, 11) is -1.98. The molecule has 2 aromatic rings. The fourth-order valence-corrected chi connectivity index (χ4v) is 4.07. The molecule has 112 valence electrons. The molecule has 0 radical (unpaired) electrons. The molecule has 0 aliphatic rings. The molecule has 6 heteroatoms. The Labute approximate surface area is 129 Å². The van der Waals surface area contributed by atoms with Crippen molar-refractivity contribution in [3.05, 3.63) is 51.7 Å². The second-order valence-corrected chi connectivity index (χ2v) is 7.91. The van der Waals surface area contributed by atoms with Crippen LogP contribution in [0.2, 0.25) is 0 Å². The molecular formula is C15H17NO3S2. The van der Waals surface area contributed by atoms with Crippen LogP contribution in [0.5, 0.6) is 0 Å². The maximum Gasteiger partial charge on any atom is 0.243 e. The van der Waals surface area contributed by atoms with Crippen LogP contribution in [0.4, 0.5) is 0 Å². The van der Waals surface area contributed by atoms with Gasteiger partial charge in [0.2, 0.25) is 10.0 Å². The van der Waals surface area contributed by atoms with Gasteiger partial charge < -0.3 is 0 Å². The van der Waals surface area contributed by atoms with Gasteiger partial charge in [-0.25, -0.2) is 8.42 Å². The van der Waals surface area contributed by atoms with E-state index in [9.17, 15) is 13.2 Å². The van der Waals surface area contributed by atoms with Crippen LogP contribution in [0.3, 0.4) is 0 Å². The molecule has 4 nitrogen and oxygen atoms in total. The molecule has 0 aliphatic carbocycles. The molecule has 0 N–H and O–H groups in total. The number of hydrogen-bond donors (Lipinski definition) is 0. The van der Waals surface area contributed by atoms with Gasteiger partial charge in [0.1, 0.15) is 0 Å². The summed E-state index contributed by atoms with van der Waals surface area (Å²) in [6.07, 6.45) is 0. The molecule has 0 amide bonds. The van der Waals surface area contributed by atoms with Crippen LogP contribution in [0, 0.1) is 6.92 Å². The monoisotopic (exact) mass is 323 g/mol. The van der Waals surface area contributed by atoms with E-state index in [0.29, 0.717) is 12.1 Å². The van der Waals surface area contributed by atoms with Crippen molar-refractivity contribution in [2.75, 3.05) is 7.05 Å². The number of carbonyl (C=O) groups is 1. The second-order valence-electron chi connectivity index (χ2n) is 4.87. The largest absolute Gasteiger partial charge is 0.295 e. The Morgan fingerprint density at radius 1 is 1.19 bits per heavy atom. The Kier molecular flexibility index (Phi) is 4.61. The number of nitrogens with zero attached hydrogens (tertiary/aromatic N) is 1. The average Bonchev–Trinajstić information content (AvgIpc) is 2.84. The number of carbonyl (C=O) groups excluding carboxylic acids is 1. The summed E-state index contributed by atoms with van der Waals surface area (Å²) in [4.78, 5) is 12.5. The van der Waals surface area contributed by atoms with Crippen molar-refractivity contribution < 1.29 is 13.2 Å². The van der Waals surface area contributed by atoms with Crippen LogP contribution < -0.4 is 0 Å². The molecule has 21 heavy (non-hydrogen) atoms. The molecule has 0 saturated carbocycles. The van der Waals surface area contributed by atoms with Crippen molar-refractivity contribution in [3.8, 4) is 0 Å². The van der Waals surface area contributed by atoms with E-state index in [0.717, 1.165) is 10.4 Å². The molecule has 0 atom stereocenters. The third kappa shape index (κ3) is 3.40. The Morgan fingerprint density at radius 2 is 1.81 bits per heavy atom. The summed E-state index contributed by atoms with van der Waals surface area (Å²) in [5.41, 5.74) is 1.60. The zero-order valence-electron chi connectivity index (χ0n) is 12.2. The number of ketones is 1. The van der Waals surface area contributed by atoms with E-state index in [1.165, 1.54) is 23.4 Å². The molecule has 0 aliphatic heterocycles. The van der Waals surface area contributed by atoms with Gasteiger partial charge in [-0.2, -0.15) is 4.31 Å². The van der Waals surface area contributed by atoms with E-state index in [1.807, 2.05) is 18.4 Å². The third-order valence-electron chi connectivity index (χ3n) is 3.30. The summed E-state index contributed by atoms with van der Waals surface area (Å²) < 4.78 is 26.3. The van der Waals surface area contributed by atoms with Crippen LogP contribution in [-0.2, 0) is 16.6 Å². The van der Waals surface area contributed by atoms with E-state index < -0.39 is 10.0 Å². The molecular weight excluding hydrogens is 306 g/mol. The predicted molar refractivity (Wildman–Crippen MR) is 84.2 cm³/mol. The van der Waals surface area contributed by atoms with E-state index in [-0.39, 0.29) is 10.7 Å². The lowest BCUT2D eigenvalue weighted by Gasteiger charge is -2.17. The molecule has 1 aromatic carbocycles. The van der Waals surface area contributed by atoms with Gasteiger partial charge in [-0.15, -0.1) is 11.3 Å². The van der Waals surface area contributed by atoms with Crippen LogP contribution in [0.25, 0.3) is 0 Å². The Morgan fingerprint density at radius 3 is 2.29 bits per heavy atom. The van der Waals surface area contributed by atoms with Gasteiger partial charge in [-0.05, 0) is 43.0 Å². The average molecular weight is 323 g/mol. The molecule has 0 unspecified atom stereocenters. The van der Waals surface area contributed by atoms with E-state index in [4.69, 9.17) is 0 Å².